The highest BCUT2D eigenvalue weighted by Gasteiger charge is 2.51. The van der Waals surface area contributed by atoms with E-state index in [1.165, 1.54) is 19.3 Å². The SMILES string of the molecule is Nc1cc(-c2cccc(Cl)c2)nn1-c1ccc(C(=O)NC23CC4CC(CC(C4)C2)C3)cc1. The average molecular weight is 447 g/mol. The van der Waals surface area contributed by atoms with Crippen molar-refractivity contribution in [1.82, 2.24) is 15.1 Å². The molecule has 7 rings (SSSR count). The van der Waals surface area contributed by atoms with Crippen LogP contribution in [0.2, 0.25) is 5.02 Å². The van der Waals surface area contributed by atoms with Gasteiger partial charge in [-0.1, -0.05) is 23.7 Å². The Hall–Kier alpha value is -2.79. The number of carbonyl (C=O) groups excluding carboxylic acids is 1. The molecule has 1 heterocycles. The summed E-state index contributed by atoms with van der Waals surface area (Å²) in [5, 5.41) is 8.75. The molecule has 164 valence electrons. The van der Waals surface area contributed by atoms with Crippen LogP contribution in [0.25, 0.3) is 16.9 Å². The minimum absolute atomic E-state index is 0.0166. The van der Waals surface area contributed by atoms with Gasteiger partial charge < -0.3 is 11.1 Å². The van der Waals surface area contributed by atoms with E-state index in [2.05, 4.69) is 10.4 Å². The summed E-state index contributed by atoms with van der Waals surface area (Å²) >= 11 is 6.11. The van der Waals surface area contributed by atoms with Gasteiger partial charge in [0, 0.05) is 27.8 Å². The van der Waals surface area contributed by atoms with Gasteiger partial charge in [-0.15, -0.1) is 0 Å². The van der Waals surface area contributed by atoms with Crippen molar-refractivity contribution in [2.45, 2.75) is 44.1 Å². The molecule has 1 amide bonds. The molecule has 4 fully saturated rings. The molecule has 4 saturated carbocycles. The number of hydrogen-bond donors (Lipinski definition) is 2. The highest BCUT2D eigenvalue weighted by atomic mass is 35.5. The van der Waals surface area contributed by atoms with Crippen LogP contribution >= 0.6 is 11.6 Å². The zero-order valence-corrected chi connectivity index (χ0v) is 18.7. The van der Waals surface area contributed by atoms with Crippen LogP contribution in [-0.4, -0.2) is 21.2 Å². The van der Waals surface area contributed by atoms with Crippen LogP contribution in [0.1, 0.15) is 48.9 Å². The van der Waals surface area contributed by atoms with Crippen molar-refractivity contribution in [3.63, 3.8) is 0 Å². The molecular weight excluding hydrogens is 420 g/mol. The minimum Gasteiger partial charge on any atom is -0.384 e. The van der Waals surface area contributed by atoms with E-state index in [0.29, 0.717) is 16.4 Å². The topological polar surface area (TPSA) is 72.9 Å². The summed E-state index contributed by atoms with van der Waals surface area (Å²) in [5.74, 6) is 2.98. The van der Waals surface area contributed by atoms with Gasteiger partial charge in [-0.3, -0.25) is 4.79 Å². The summed E-state index contributed by atoms with van der Waals surface area (Å²) in [6, 6.07) is 16.9. The Morgan fingerprint density at radius 2 is 1.66 bits per heavy atom. The first kappa shape index (κ1) is 19.9. The van der Waals surface area contributed by atoms with Gasteiger partial charge >= 0.3 is 0 Å². The van der Waals surface area contributed by atoms with E-state index in [4.69, 9.17) is 17.3 Å². The van der Waals surface area contributed by atoms with E-state index in [-0.39, 0.29) is 11.4 Å². The first-order chi connectivity index (χ1) is 15.5. The lowest BCUT2D eigenvalue weighted by Crippen LogP contribution is -2.59. The van der Waals surface area contributed by atoms with Gasteiger partial charge in [0.05, 0.1) is 11.4 Å². The first-order valence-electron chi connectivity index (χ1n) is 11.5. The van der Waals surface area contributed by atoms with Crippen LogP contribution in [0.5, 0.6) is 0 Å². The Labute approximate surface area is 193 Å². The largest absolute Gasteiger partial charge is 0.384 e. The minimum atomic E-state index is 0.0166. The number of carbonyl (C=O) groups is 1. The summed E-state index contributed by atoms with van der Waals surface area (Å²) in [7, 11) is 0. The molecule has 0 spiro atoms. The van der Waals surface area contributed by atoms with Crippen molar-refractivity contribution in [3.8, 4) is 16.9 Å². The van der Waals surface area contributed by atoms with Gasteiger partial charge in [0.25, 0.3) is 5.91 Å². The Bertz CT molecular complexity index is 1150. The molecule has 3 aromatic rings. The Balaban J connectivity index is 1.21. The number of benzene rings is 2. The van der Waals surface area contributed by atoms with Crippen LogP contribution < -0.4 is 11.1 Å². The van der Waals surface area contributed by atoms with E-state index in [1.807, 2.05) is 54.6 Å². The standard InChI is InChI=1S/C26H27ClN4O/c27-21-3-1-2-20(11-21)23-12-24(28)31(30-23)22-6-4-19(5-7-22)25(32)29-26-13-16-8-17(14-26)10-18(9-16)15-26/h1-7,11-12,16-18H,8-10,13-15,28H2,(H,29,32). The number of nitrogens with zero attached hydrogens (tertiary/aromatic N) is 2. The lowest BCUT2D eigenvalue weighted by atomic mass is 9.53. The Morgan fingerprint density at radius 3 is 2.28 bits per heavy atom. The normalized spacial score (nSPS) is 28.1. The molecular formula is C26H27ClN4O. The smallest absolute Gasteiger partial charge is 0.251 e. The summed E-state index contributed by atoms with van der Waals surface area (Å²) in [6.45, 7) is 0. The number of rotatable bonds is 4. The van der Waals surface area contributed by atoms with E-state index in [9.17, 15) is 4.79 Å². The zero-order valence-electron chi connectivity index (χ0n) is 17.9. The van der Waals surface area contributed by atoms with Crippen LogP contribution in [0.4, 0.5) is 5.82 Å². The monoisotopic (exact) mass is 446 g/mol. The lowest BCUT2D eigenvalue weighted by molar-refractivity contribution is -0.0167. The maximum atomic E-state index is 13.1. The van der Waals surface area contributed by atoms with Crippen LogP contribution in [0.3, 0.4) is 0 Å². The number of aromatic nitrogens is 2. The zero-order chi connectivity index (χ0) is 21.9. The van der Waals surface area contributed by atoms with Crippen molar-refractivity contribution >= 4 is 23.3 Å². The highest BCUT2D eigenvalue weighted by Crippen LogP contribution is 2.55. The van der Waals surface area contributed by atoms with Gasteiger partial charge in [0.1, 0.15) is 5.82 Å². The van der Waals surface area contributed by atoms with Crippen molar-refractivity contribution in [2.75, 3.05) is 5.73 Å². The molecule has 3 N–H and O–H groups in total. The maximum Gasteiger partial charge on any atom is 0.251 e. The second-order valence-corrected chi connectivity index (χ2v) is 10.5. The molecule has 4 aliphatic rings. The average Bonchev–Trinajstić information content (AvgIpc) is 3.14. The fourth-order valence-electron chi connectivity index (χ4n) is 6.72. The van der Waals surface area contributed by atoms with Crippen LogP contribution in [0, 0.1) is 17.8 Å². The number of nitrogen functional groups attached to an aromatic ring is 1. The first-order valence-corrected chi connectivity index (χ1v) is 11.9. The van der Waals surface area contributed by atoms with Crippen LogP contribution in [-0.2, 0) is 0 Å². The molecule has 6 heteroatoms. The number of hydrogen-bond acceptors (Lipinski definition) is 3. The van der Waals surface area contributed by atoms with E-state index < -0.39 is 0 Å². The van der Waals surface area contributed by atoms with Gasteiger partial charge in [0.2, 0.25) is 0 Å². The van der Waals surface area contributed by atoms with E-state index in [1.54, 1.807) is 4.68 Å². The van der Waals surface area contributed by atoms with Gasteiger partial charge in [-0.25, -0.2) is 4.68 Å². The summed E-state index contributed by atoms with van der Waals surface area (Å²) in [4.78, 5) is 13.1. The number of nitrogens with two attached hydrogens (primary N) is 1. The second kappa shape index (κ2) is 7.38. The van der Waals surface area contributed by atoms with Gasteiger partial charge in [0.15, 0.2) is 0 Å². The predicted molar refractivity (Wildman–Crippen MR) is 127 cm³/mol. The molecule has 4 bridgehead atoms. The molecule has 0 aliphatic heterocycles. The summed E-state index contributed by atoms with van der Waals surface area (Å²) < 4.78 is 1.69. The molecule has 32 heavy (non-hydrogen) atoms. The third kappa shape index (κ3) is 3.49. The molecule has 5 nitrogen and oxygen atoms in total. The molecule has 0 radical (unpaired) electrons. The van der Waals surface area contributed by atoms with E-state index >= 15 is 0 Å². The number of anilines is 1. The maximum absolute atomic E-state index is 13.1. The number of nitrogens with one attached hydrogen (secondary N) is 1. The molecule has 0 saturated heterocycles. The summed E-state index contributed by atoms with van der Waals surface area (Å²) in [6.07, 6.45) is 7.56. The fourth-order valence-corrected chi connectivity index (χ4v) is 6.91. The van der Waals surface area contributed by atoms with E-state index in [0.717, 1.165) is 54.0 Å². The molecule has 0 atom stereocenters. The van der Waals surface area contributed by atoms with Crippen molar-refractivity contribution in [2.24, 2.45) is 17.8 Å². The number of halogens is 1. The quantitative estimate of drug-likeness (QED) is 0.557. The predicted octanol–water partition coefficient (Wildman–Crippen LogP) is 5.47. The second-order valence-electron chi connectivity index (χ2n) is 10.1. The highest BCUT2D eigenvalue weighted by molar-refractivity contribution is 6.30. The Morgan fingerprint density at radius 1 is 1.00 bits per heavy atom. The Kier molecular flexibility index (Phi) is 4.58. The third-order valence-corrected chi connectivity index (χ3v) is 7.88. The molecule has 1 aromatic heterocycles. The van der Waals surface area contributed by atoms with Crippen molar-refractivity contribution in [3.05, 3.63) is 65.2 Å². The third-order valence-electron chi connectivity index (χ3n) is 7.65. The lowest BCUT2D eigenvalue weighted by Gasteiger charge is -2.56. The fraction of sp³-hybridized carbons (Fsp3) is 0.385. The summed E-state index contributed by atoms with van der Waals surface area (Å²) in [5.41, 5.74) is 9.42. The van der Waals surface area contributed by atoms with Gasteiger partial charge in [-0.2, -0.15) is 5.10 Å². The number of amides is 1. The molecule has 2 aromatic carbocycles. The van der Waals surface area contributed by atoms with Gasteiger partial charge in [-0.05, 0) is 92.7 Å². The van der Waals surface area contributed by atoms with Crippen molar-refractivity contribution < 1.29 is 4.79 Å². The molecule has 4 aliphatic carbocycles. The van der Waals surface area contributed by atoms with Crippen molar-refractivity contribution in [1.29, 1.82) is 0 Å². The molecule has 0 unspecified atom stereocenters. The van der Waals surface area contributed by atoms with Crippen LogP contribution in [0.15, 0.2) is 54.6 Å².